The van der Waals surface area contributed by atoms with Crippen molar-refractivity contribution in [1.82, 2.24) is 19.9 Å². The second-order valence-corrected chi connectivity index (χ2v) is 23.7. The number of carbonyl (C=O) groups is 2. The van der Waals surface area contributed by atoms with Crippen LogP contribution >= 0.6 is 46.4 Å². The number of benzene rings is 5. The molecular weight excluding hydrogens is 1110 g/mol. The molecule has 2 aliphatic rings. The Labute approximate surface area is 443 Å². The predicted molar refractivity (Wildman–Crippen MR) is 286 cm³/mol. The molecule has 73 heavy (non-hydrogen) atoms. The average molecular weight is 1160 g/mol. The van der Waals surface area contributed by atoms with Gasteiger partial charge >= 0.3 is 0 Å². The molecule has 19 nitrogen and oxygen atoms in total. The van der Waals surface area contributed by atoms with Crippen LogP contribution in [0.3, 0.4) is 0 Å². The summed E-state index contributed by atoms with van der Waals surface area (Å²) in [5, 5.41) is 4.62. The van der Waals surface area contributed by atoms with E-state index >= 15 is 0 Å². The number of aromatic nitrogens is 1. The van der Waals surface area contributed by atoms with Gasteiger partial charge in [0, 0.05) is 24.5 Å². The molecule has 6 N–H and O–H groups in total. The summed E-state index contributed by atoms with van der Waals surface area (Å²) in [6.45, 7) is 1.75. The van der Waals surface area contributed by atoms with E-state index in [1.807, 2.05) is 0 Å². The van der Waals surface area contributed by atoms with Gasteiger partial charge < -0.3 is 5.32 Å². The van der Waals surface area contributed by atoms with Crippen LogP contribution in [0.5, 0.6) is 0 Å². The van der Waals surface area contributed by atoms with Gasteiger partial charge in [-0.2, -0.15) is 0 Å². The van der Waals surface area contributed by atoms with Crippen molar-refractivity contribution in [3.8, 4) is 0 Å². The lowest BCUT2D eigenvalue weighted by Gasteiger charge is -2.18. The van der Waals surface area contributed by atoms with Crippen LogP contribution < -0.4 is 34.6 Å². The van der Waals surface area contributed by atoms with Gasteiger partial charge in [0.05, 0.1) is 68.8 Å². The first-order valence-electron chi connectivity index (χ1n) is 20.7. The Morgan fingerprint density at radius 2 is 1.23 bits per heavy atom. The smallest absolute Gasteiger partial charge is 0.274 e. The van der Waals surface area contributed by atoms with E-state index < -0.39 is 46.0 Å². The van der Waals surface area contributed by atoms with Gasteiger partial charge in [-0.1, -0.05) is 86.4 Å². The molecule has 1 saturated heterocycles. The molecule has 0 radical (unpaired) electrons. The maximum Gasteiger partial charge on any atom is 0.274 e. The molecule has 1 saturated carbocycles. The van der Waals surface area contributed by atoms with E-state index in [0.717, 1.165) is 23.9 Å². The van der Waals surface area contributed by atoms with Crippen molar-refractivity contribution in [2.75, 3.05) is 26.3 Å². The van der Waals surface area contributed by atoms with Crippen molar-refractivity contribution in [3.05, 3.63) is 153 Å². The van der Waals surface area contributed by atoms with Gasteiger partial charge in [0.2, 0.25) is 20.0 Å². The number of rotatable bonds is 16. The van der Waals surface area contributed by atoms with Gasteiger partial charge in [-0.3, -0.25) is 29.4 Å². The molecule has 2 fully saturated rings. The minimum absolute atomic E-state index is 0. The molecule has 8 rings (SSSR count). The third kappa shape index (κ3) is 14.9. The number of sulfonamides is 4. The van der Waals surface area contributed by atoms with Crippen LogP contribution in [0, 0.1) is 0 Å². The highest BCUT2D eigenvalue weighted by atomic mass is 35.5. The molecule has 0 unspecified atom stereocenters. The van der Waals surface area contributed by atoms with Crippen molar-refractivity contribution in [2.24, 2.45) is 4.99 Å². The van der Waals surface area contributed by atoms with Gasteiger partial charge in [0.25, 0.3) is 31.9 Å². The molecule has 5 aromatic carbocycles. The molecule has 2 heterocycles. The summed E-state index contributed by atoms with van der Waals surface area (Å²) in [4.78, 5) is 32.7. The number of nitrogens with one attached hydrogen (secondary N) is 6. The molecule has 1 aliphatic carbocycles. The molecule has 0 atom stereocenters. The summed E-state index contributed by atoms with van der Waals surface area (Å²) in [5.41, 5.74) is 4.21. The highest BCUT2D eigenvalue weighted by Crippen LogP contribution is 2.36. The molecule has 388 valence electrons. The van der Waals surface area contributed by atoms with Crippen LogP contribution in [0.1, 0.15) is 51.5 Å². The predicted octanol–water partition coefficient (Wildman–Crippen LogP) is 9.22. The zero-order valence-electron chi connectivity index (χ0n) is 36.6. The third-order valence-corrected chi connectivity index (χ3v) is 17.1. The summed E-state index contributed by atoms with van der Waals surface area (Å²) in [7, 11) is -15.7. The lowest BCUT2D eigenvalue weighted by atomic mass is 10.2. The Bertz CT molecular complexity index is 3520. The highest BCUT2D eigenvalue weighted by molar-refractivity contribution is 7.93. The fourth-order valence-corrected chi connectivity index (χ4v) is 11.7. The summed E-state index contributed by atoms with van der Waals surface area (Å²) >= 11 is 24.5. The van der Waals surface area contributed by atoms with Gasteiger partial charge in [0.1, 0.15) is 11.5 Å². The monoisotopic (exact) mass is 1150 g/mol. The molecule has 2 amide bonds. The number of hydrogen-bond donors (Lipinski definition) is 6. The molecule has 6 aromatic rings. The maximum absolute atomic E-state index is 13.0. The fraction of sp³-hybridized carbons (Fsp3) is 0.174. The van der Waals surface area contributed by atoms with E-state index in [9.17, 15) is 43.3 Å². The van der Waals surface area contributed by atoms with Crippen LogP contribution in [0.15, 0.2) is 152 Å². The van der Waals surface area contributed by atoms with Crippen LogP contribution in [-0.2, 0) is 44.9 Å². The SMILES string of the molecule is C.C.CCNS(=O)(=O)c1cccc(S(=O)(=O)Nc2ccc(Cl)c(N=C3CC(=O)N(c4cc(Cl)c(Cl)cc4Cl)N3)c2)c1.O=C(Nc1cccc(NS(=O)(=O)c2ccc(S(=O)(=O)NC3CC3)cc2)c1)c1ccccn1. The van der Waals surface area contributed by atoms with Crippen LogP contribution in [0.4, 0.5) is 28.4 Å². The minimum atomic E-state index is -4.18. The summed E-state index contributed by atoms with van der Waals surface area (Å²) in [6, 6.07) is 28.0. The van der Waals surface area contributed by atoms with Crippen molar-refractivity contribution in [1.29, 1.82) is 0 Å². The Hall–Kier alpha value is -5.86. The van der Waals surface area contributed by atoms with E-state index in [1.165, 1.54) is 91.1 Å². The first-order valence-corrected chi connectivity index (χ1v) is 28.2. The molecule has 1 aromatic heterocycles. The van der Waals surface area contributed by atoms with E-state index in [0.29, 0.717) is 5.69 Å². The fourth-order valence-electron chi connectivity index (χ4n) is 6.35. The van der Waals surface area contributed by atoms with Crippen molar-refractivity contribution in [2.45, 2.75) is 66.7 Å². The minimum Gasteiger partial charge on any atom is -0.321 e. The quantitative estimate of drug-likeness (QED) is 0.0495. The number of halogens is 4. The standard InChI is InChI=1S/C23H19Cl4N5O5S2.C21H20N4O5S2.2CH4/c1-2-28-38(34,35)14-4-3-5-15(9-14)39(36,37)31-13-6-7-16(24)20(8-13)29-22-12-23(33)32(30-22)21-11-18(26)17(25)10-19(21)27;26-21(20-6-1-2-13-22-20)23-16-4-3-5-17(14-16)25-32(29,30)19-11-9-18(10-12-19)31(27,28)24-15-7-8-15;;/h3-11,28,31H,2,12H2,1H3,(H,29,30);1-6,9-15,24-25H,7-8H2,(H,23,26);2*1H4. The van der Waals surface area contributed by atoms with Crippen LogP contribution in [0.2, 0.25) is 20.1 Å². The van der Waals surface area contributed by atoms with Crippen molar-refractivity contribution >= 4 is 133 Å². The van der Waals surface area contributed by atoms with Crippen molar-refractivity contribution in [3.63, 3.8) is 0 Å². The van der Waals surface area contributed by atoms with Crippen LogP contribution in [0.25, 0.3) is 0 Å². The van der Waals surface area contributed by atoms with Crippen LogP contribution in [-0.4, -0.2) is 68.9 Å². The summed E-state index contributed by atoms with van der Waals surface area (Å²) in [6.07, 6.45) is 2.97. The number of hydrazine groups is 1. The Balaban J connectivity index is 0.000000268. The zero-order valence-corrected chi connectivity index (χ0v) is 42.9. The molecule has 0 bridgehead atoms. The highest BCUT2D eigenvalue weighted by Gasteiger charge is 2.30. The molecule has 0 spiro atoms. The maximum atomic E-state index is 13.0. The molecule has 27 heteroatoms. The first-order chi connectivity index (χ1) is 33.5. The second-order valence-electron chi connectivity index (χ2n) is 15.3. The van der Waals surface area contributed by atoms with Gasteiger partial charge in [-0.25, -0.2) is 53.1 Å². The largest absolute Gasteiger partial charge is 0.321 e. The number of carbonyl (C=O) groups excluding carboxylic acids is 2. The second kappa shape index (κ2) is 24.0. The normalized spacial score (nSPS) is 14.2. The summed E-state index contributed by atoms with van der Waals surface area (Å²) in [5.74, 6) is -0.595. The van der Waals surface area contributed by atoms with Crippen molar-refractivity contribution < 1.29 is 43.3 Å². The lowest BCUT2D eigenvalue weighted by molar-refractivity contribution is -0.116. The number of hydrogen-bond acceptors (Lipinski definition) is 12. The number of aliphatic imine (C=N–C) groups is 1. The third-order valence-electron chi connectivity index (χ3n) is 9.87. The topological polar surface area (TPSA) is 271 Å². The Morgan fingerprint density at radius 3 is 1.86 bits per heavy atom. The number of nitrogens with zero attached hydrogens (tertiary/aromatic N) is 3. The van der Waals surface area contributed by atoms with Gasteiger partial charge in [-0.05, 0) is 116 Å². The average Bonchev–Trinajstić information content (AvgIpc) is 4.06. The lowest BCUT2D eigenvalue weighted by Crippen LogP contribution is -2.36. The number of amidine groups is 1. The first kappa shape index (κ1) is 58.0. The summed E-state index contributed by atoms with van der Waals surface area (Å²) < 4.78 is 110. The number of pyridine rings is 1. The van der Waals surface area contributed by atoms with Gasteiger partial charge in [-0.15, -0.1) is 0 Å². The zero-order chi connectivity index (χ0) is 51.3. The number of amides is 2. The van der Waals surface area contributed by atoms with E-state index in [1.54, 1.807) is 37.3 Å². The van der Waals surface area contributed by atoms with E-state index in [-0.39, 0.29) is 114 Å². The van der Waals surface area contributed by atoms with Gasteiger partial charge in [0.15, 0.2) is 0 Å². The molecule has 1 aliphatic heterocycles. The van der Waals surface area contributed by atoms with E-state index in [4.69, 9.17) is 46.4 Å². The van der Waals surface area contributed by atoms with E-state index in [2.05, 4.69) is 39.6 Å². The Kier molecular flexibility index (Phi) is 19.1. The number of anilines is 4. The Morgan fingerprint density at radius 1 is 0.644 bits per heavy atom. The molecular formula is C46H47Cl4N9O10S4.